The molecular formula is C17H15ClN2O4. The number of nitrogens with one attached hydrogen (secondary N) is 1. The number of ether oxygens (including phenoxy) is 1. The van der Waals surface area contributed by atoms with E-state index in [9.17, 15) is 15.0 Å². The first-order valence-electron chi connectivity index (χ1n) is 7.20. The van der Waals surface area contributed by atoms with E-state index in [0.29, 0.717) is 38.3 Å². The van der Waals surface area contributed by atoms with Crippen LogP contribution in [0.25, 0.3) is 21.8 Å². The van der Waals surface area contributed by atoms with Crippen LogP contribution in [0.2, 0.25) is 5.02 Å². The van der Waals surface area contributed by atoms with Crippen molar-refractivity contribution in [2.45, 2.75) is 6.04 Å². The van der Waals surface area contributed by atoms with E-state index in [-0.39, 0.29) is 0 Å². The van der Waals surface area contributed by atoms with Crippen molar-refractivity contribution < 1.29 is 19.7 Å². The van der Waals surface area contributed by atoms with Crippen LogP contribution >= 0.6 is 11.6 Å². The van der Waals surface area contributed by atoms with Crippen LogP contribution in [-0.4, -0.2) is 40.9 Å². The summed E-state index contributed by atoms with van der Waals surface area (Å²) in [6, 6.07) is 9.38. The van der Waals surface area contributed by atoms with Crippen molar-refractivity contribution in [3.05, 3.63) is 41.4 Å². The summed E-state index contributed by atoms with van der Waals surface area (Å²) in [4.78, 5) is 15.9. The molecule has 0 amide bonds. The zero-order chi connectivity index (χ0) is 17.3. The summed E-state index contributed by atoms with van der Waals surface area (Å²) in [5.74, 6) is -0.524. The standard InChI is InChI=1S/C17H15ClN2O4/c1-24-10-3-5-13-12(7-10)16(20-15(8-21)17(22)23)11-4-2-9(18)6-14(11)19-13/h2-7,15,21H,8H2,1H3,(H,19,20)(H,22,23)/t15-/m1/s1. The molecule has 7 heteroatoms. The van der Waals surface area contributed by atoms with Crippen LogP contribution in [0.5, 0.6) is 5.75 Å². The highest BCUT2D eigenvalue weighted by Gasteiger charge is 2.19. The molecule has 1 heterocycles. The van der Waals surface area contributed by atoms with Crippen molar-refractivity contribution in [3.63, 3.8) is 0 Å². The van der Waals surface area contributed by atoms with Gasteiger partial charge in [0.05, 0.1) is 30.4 Å². The number of nitrogens with zero attached hydrogens (tertiary/aromatic N) is 1. The molecule has 3 aromatic rings. The predicted molar refractivity (Wildman–Crippen MR) is 92.9 cm³/mol. The molecular weight excluding hydrogens is 332 g/mol. The number of rotatable bonds is 5. The number of anilines is 1. The monoisotopic (exact) mass is 346 g/mol. The number of hydrogen-bond donors (Lipinski definition) is 3. The Balaban J connectivity index is 2.31. The summed E-state index contributed by atoms with van der Waals surface area (Å²) in [6.07, 6.45) is 0. The number of fused-ring (bicyclic) bond motifs is 2. The van der Waals surface area contributed by atoms with Gasteiger partial charge in [0.15, 0.2) is 0 Å². The maximum atomic E-state index is 11.3. The number of halogens is 1. The number of pyridine rings is 1. The lowest BCUT2D eigenvalue weighted by molar-refractivity contribution is -0.138. The first kappa shape index (κ1) is 16.3. The quantitative estimate of drug-likeness (QED) is 0.615. The van der Waals surface area contributed by atoms with E-state index in [1.54, 1.807) is 43.5 Å². The first-order valence-corrected chi connectivity index (χ1v) is 7.58. The number of carboxylic acid groups (broad SMARTS) is 1. The number of benzene rings is 2. The van der Waals surface area contributed by atoms with Gasteiger partial charge in [0.25, 0.3) is 0 Å². The zero-order valence-electron chi connectivity index (χ0n) is 12.8. The Kier molecular flexibility index (Phi) is 4.42. The first-order chi connectivity index (χ1) is 11.5. The molecule has 0 aliphatic heterocycles. The summed E-state index contributed by atoms with van der Waals surface area (Å²) in [6.45, 7) is -0.543. The lowest BCUT2D eigenvalue weighted by Crippen LogP contribution is -2.32. The van der Waals surface area contributed by atoms with Crippen LogP contribution in [0, 0.1) is 0 Å². The molecule has 0 bridgehead atoms. The van der Waals surface area contributed by atoms with Crippen LogP contribution in [0.4, 0.5) is 5.69 Å². The van der Waals surface area contributed by atoms with Crippen LogP contribution < -0.4 is 10.1 Å². The Labute approximate surface area is 142 Å². The van der Waals surface area contributed by atoms with Crippen molar-refractivity contribution in [1.29, 1.82) is 0 Å². The van der Waals surface area contributed by atoms with Crippen LogP contribution in [0.15, 0.2) is 36.4 Å². The lowest BCUT2D eigenvalue weighted by Gasteiger charge is -2.18. The SMILES string of the molecule is COc1ccc2nc3cc(Cl)ccc3c(N[C@H](CO)C(=O)O)c2c1. The van der Waals surface area contributed by atoms with Crippen molar-refractivity contribution in [3.8, 4) is 5.75 Å². The Morgan fingerprint density at radius 2 is 2.04 bits per heavy atom. The third kappa shape index (κ3) is 2.93. The van der Waals surface area contributed by atoms with Gasteiger partial charge in [-0.3, -0.25) is 0 Å². The van der Waals surface area contributed by atoms with Gasteiger partial charge in [0.1, 0.15) is 11.8 Å². The summed E-state index contributed by atoms with van der Waals surface area (Å²) in [5, 5.41) is 23.4. The van der Waals surface area contributed by atoms with Crippen LogP contribution in [0.1, 0.15) is 0 Å². The van der Waals surface area contributed by atoms with Gasteiger partial charge in [-0.05, 0) is 36.4 Å². The van der Waals surface area contributed by atoms with Crippen molar-refractivity contribution >= 4 is 45.1 Å². The number of aliphatic hydroxyl groups is 1. The molecule has 0 spiro atoms. The molecule has 0 aliphatic carbocycles. The Hall–Kier alpha value is -2.57. The number of hydrogen-bond acceptors (Lipinski definition) is 5. The van der Waals surface area contributed by atoms with E-state index in [1.165, 1.54) is 0 Å². The molecule has 0 radical (unpaired) electrons. The second-order valence-electron chi connectivity index (χ2n) is 5.25. The molecule has 0 saturated carbocycles. The minimum absolute atomic E-state index is 0.533. The van der Waals surface area contributed by atoms with E-state index in [0.717, 1.165) is 0 Å². The number of carbonyl (C=O) groups is 1. The van der Waals surface area contributed by atoms with Gasteiger partial charge in [0.2, 0.25) is 0 Å². The highest BCUT2D eigenvalue weighted by Crippen LogP contribution is 2.34. The second kappa shape index (κ2) is 6.51. The van der Waals surface area contributed by atoms with Crippen molar-refractivity contribution in [2.24, 2.45) is 0 Å². The van der Waals surface area contributed by atoms with Gasteiger partial charge in [0, 0.05) is 15.8 Å². The Bertz CT molecular complexity index is 929. The smallest absolute Gasteiger partial charge is 0.328 e. The summed E-state index contributed by atoms with van der Waals surface area (Å²) in [7, 11) is 1.55. The van der Waals surface area contributed by atoms with Gasteiger partial charge in [-0.2, -0.15) is 0 Å². The molecule has 2 aromatic carbocycles. The van der Waals surface area contributed by atoms with E-state index in [4.69, 9.17) is 16.3 Å². The molecule has 0 fully saturated rings. The second-order valence-corrected chi connectivity index (χ2v) is 5.69. The van der Waals surface area contributed by atoms with E-state index in [2.05, 4.69) is 10.3 Å². The Morgan fingerprint density at radius 3 is 2.71 bits per heavy atom. The summed E-state index contributed by atoms with van der Waals surface area (Å²) >= 11 is 6.04. The van der Waals surface area contributed by atoms with Gasteiger partial charge in [-0.1, -0.05) is 11.6 Å². The molecule has 3 rings (SSSR count). The van der Waals surface area contributed by atoms with Crippen LogP contribution in [0.3, 0.4) is 0 Å². The Morgan fingerprint density at radius 1 is 1.25 bits per heavy atom. The highest BCUT2D eigenvalue weighted by atomic mass is 35.5. The predicted octanol–water partition coefficient (Wildman–Crippen LogP) is 2.91. The molecule has 124 valence electrons. The zero-order valence-corrected chi connectivity index (χ0v) is 13.5. The molecule has 1 aromatic heterocycles. The minimum atomic E-state index is -1.15. The average Bonchev–Trinajstić information content (AvgIpc) is 2.57. The van der Waals surface area contributed by atoms with Crippen molar-refractivity contribution in [1.82, 2.24) is 4.98 Å². The molecule has 0 saturated heterocycles. The summed E-state index contributed by atoms with van der Waals surface area (Å²) in [5.41, 5.74) is 1.85. The van der Waals surface area contributed by atoms with E-state index >= 15 is 0 Å². The molecule has 0 unspecified atom stereocenters. The molecule has 6 nitrogen and oxygen atoms in total. The maximum absolute atomic E-state index is 11.3. The third-order valence-corrected chi connectivity index (χ3v) is 3.98. The molecule has 3 N–H and O–H groups in total. The minimum Gasteiger partial charge on any atom is -0.497 e. The largest absolute Gasteiger partial charge is 0.497 e. The van der Waals surface area contributed by atoms with Crippen molar-refractivity contribution in [2.75, 3.05) is 19.0 Å². The lowest BCUT2D eigenvalue weighted by atomic mass is 10.1. The maximum Gasteiger partial charge on any atom is 0.328 e. The topological polar surface area (TPSA) is 91.7 Å². The highest BCUT2D eigenvalue weighted by molar-refractivity contribution is 6.31. The normalized spacial score (nSPS) is 12.3. The van der Waals surface area contributed by atoms with E-state index < -0.39 is 18.6 Å². The fourth-order valence-corrected chi connectivity index (χ4v) is 2.70. The fourth-order valence-electron chi connectivity index (χ4n) is 2.54. The van der Waals surface area contributed by atoms with Gasteiger partial charge in [-0.25, -0.2) is 9.78 Å². The van der Waals surface area contributed by atoms with Gasteiger partial charge >= 0.3 is 5.97 Å². The number of aliphatic hydroxyl groups excluding tert-OH is 1. The fraction of sp³-hybridized carbons (Fsp3) is 0.176. The van der Waals surface area contributed by atoms with Gasteiger partial charge in [-0.15, -0.1) is 0 Å². The summed E-state index contributed by atoms with van der Waals surface area (Å²) < 4.78 is 5.24. The number of aliphatic carboxylic acids is 1. The average molecular weight is 347 g/mol. The molecule has 1 atom stereocenters. The number of methoxy groups -OCH3 is 1. The number of aromatic nitrogens is 1. The molecule has 24 heavy (non-hydrogen) atoms. The number of carboxylic acids is 1. The van der Waals surface area contributed by atoms with Gasteiger partial charge < -0.3 is 20.3 Å². The van der Waals surface area contributed by atoms with Crippen LogP contribution in [-0.2, 0) is 4.79 Å². The van der Waals surface area contributed by atoms with E-state index in [1.807, 2.05) is 0 Å². The molecule has 0 aliphatic rings. The third-order valence-electron chi connectivity index (χ3n) is 3.74.